The summed E-state index contributed by atoms with van der Waals surface area (Å²) >= 11 is 0.934. The van der Waals surface area contributed by atoms with Gasteiger partial charge in [0.1, 0.15) is 0 Å². The number of piperazine rings is 1. The van der Waals surface area contributed by atoms with Gasteiger partial charge in [0.05, 0.1) is 6.54 Å². The number of aromatic carboxylic acids is 1. The molecule has 1 aromatic rings. The second-order valence-electron chi connectivity index (χ2n) is 4.16. The Kier molecular flexibility index (Phi) is 4.64. The zero-order valence-electron chi connectivity index (χ0n) is 10.6. The van der Waals surface area contributed by atoms with Gasteiger partial charge in [-0.3, -0.25) is 9.59 Å². The number of nitrogens with zero attached hydrogens (tertiary/aromatic N) is 2. The highest BCUT2D eigenvalue weighted by Gasteiger charge is 2.19. The highest BCUT2D eigenvalue weighted by Crippen LogP contribution is 2.09. The molecule has 2 rings (SSSR count). The van der Waals surface area contributed by atoms with Crippen molar-refractivity contribution >= 4 is 29.1 Å². The van der Waals surface area contributed by atoms with Crippen molar-refractivity contribution in [3.8, 4) is 0 Å². The van der Waals surface area contributed by atoms with Crippen molar-refractivity contribution in [2.24, 2.45) is 0 Å². The van der Waals surface area contributed by atoms with E-state index < -0.39 is 11.9 Å². The van der Waals surface area contributed by atoms with Gasteiger partial charge in [-0.05, 0) is 0 Å². The van der Waals surface area contributed by atoms with Gasteiger partial charge in [0, 0.05) is 31.6 Å². The molecule has 2 heterocycles. The second kappa shape index (κ2) is 6.44. The van der Waals surface area contributed by atoms with E-state index in [9.17, 15) is 14.4 Å². The Bertz CT molecular complexity index is 524. The summed E-state index contributed by atoms with van der Waals surface area (Å²) in [5.41, 5.74) is -0.173. The normalized spacial score (nSPS) is 14.9. The smallest absolute Gasteiger partial charge is 0.355 e. The first-order valence-corrected chi connectivity index (χ1v) is 6.91. The molecule has 9 heteroatoms. The summed E-state index contributed by atoms with van der Waals surface area (Å²) in [6, 6.07) is 0. The van der Waals surface area contributed by atoms with Crippen LogP contribution in [-0.2, 0) is 4.79 Å². The zero-order valence-corrected chi connectivity index (χ0v) is 11.4. The van der Waals surface area contributed by atoms with Crippen LogP contribution in [0.25, 0.3) is 0 Å². The van der Waals surface area contributed by atoms with Crippen molar-refractivity contribution in [1.82, 2.24) is 20.5 Å². The monoisotopic (exact) mass is 298 g/mol. The van der Waals surface area contributed by atoms with Gasteiger partial charge in [-0.25, -0.2) is 9.78 Å². The largest absolute Gasteiger partial charge is 0.476 e. The van der Waals surface area contributed by atoms with Crippen molar-refractivity contribution in [1.29, 1.82) is 0 Å². The van der Waals surface area contributed by atoms with Crippen LogP contribution >= 0.6 is 11.3 Å². The number of carbonyl (C=O) groups is 3. The van der Waals surface area contributed by atoms with Gasteiger partial charge in [-0.1, -0.05) is 0 Å². The third-order valence-corrected chi connectivity index (χ3v) is 3.63. The fraction of sp³-hybridized carbons (Fsp3) is 0.455. The first-order valence-electron chi connectivity index (χ1n) is 6.03. The summed E-state index contributed by atoms with van der Waals surface area (Å²) < 4.78 is 0. The molecule has 3 N–H and O–H groups in total. The maximum atomic E-state index is 11.8. The van der Waals surface area contributed by atoms with Crippen LogP contribution in [0.15, 0.2) is 5.38 Å². The molecule has 1 aromatic heterocycles. The number of amides is 2. The molecule has 0 saturated carbocycles. The fourth-order valence-corrected chi connectivity index (χ4v) is 2.44. The minimum atomic E-state index is -1.18. The molecule has 20 heavy (non-hydrogen) atoms. The first kappa shape index (κ1) is 14.4. The number of carboxylic acids is 1. The van der Waals surface area contributed by atoms with Gasteiger partial charge >= 0.3 is 5.97 Å². The van der Waals surface area contributed by atoms with E-state index in [1.54, 1.807) is 4.90 Å². The molecule has 1 aliphatic rings. The number of thiazole rings is 1. The number of hydrogen-bond donors (Lipinski definition) is 3. The quantitative estimate of drug-likeness (QED) is 0.657. The summed E-state index contributed by atoms with van der Waals surface area (Å²) in [6.45, 7) is 2.62. The van der Waals surface area contributed by atoms with E-state index in [4.69, 9.17) is 5.11 Å². The zero-order chi connectivity index (χ0) is 14.5. The summed E-state index contributed by atoms with van der Waals surface area (Å²) in [5, 5.41) is 15.6. The van der Waals surface area contributed by atoms with Crippen LogP contribution in [0.4, 0.5) is 0 Å². The van der Waals surface area contributed by atoms with Crippen LogP contribution in [0.3, 0.4) is 0 Å². The number of aromatic nitrogens is 1. The Morgan fingerprint density at radius 1 is 1.40 bits per heavy atom. The van der Waals surface area contributed by atoms with Gasteiger partial charge in [-0.2, -0.15) is 0 Å². The molecule has 2 amide bonds. The SMILES string of the molecule is O=C(O)c1csc(C(=O)NCC(=O)N2CCNCC2)n1. The third kappa shape index (κ3) is 3.52. The van der Waals surface area contributed by atoms with Gasteiger partial charge in [0.25, 0.3) is 5.91 Å². The van der Waals surface area contributed by atoms with Crippen LogP contribution in [0, 0.1) is 0 Å². The lowest BCUT2D eigenvalue weighted by atomic mass is 10.3. The highest BCUT2D eigenvalue weighted by atomic mass is 32.1. The maximum Gasteiger partial charge on any atom is 0.355 e. The summed E-state index contributed by atoms with van der Waals surface area (Å²) in [6.07, 6.45) is 0. The molecule has 0 bridgehead atoms. The van der Waals surface area contributed by atoms with Crippen LogP contribution in [0.2, 0.25) is 0 Å². The van der Waals surface area contributed by atoms with Crippen molar-refractivity contribution in [2.75, 3.05) is 32.7 Å². The minimum Gasteiger partial charge on any atom is -0.476 e. The van der Waals surface area contributed by atoms with E-state index in [2.05, 4.69) is 15.6 Å². The number of carbonyl (C=O) groups excluding carboxylic acids is 2. The highest BCUT2D eigenvalue weighted by molar-refractivity contribution is 7.11. The number of carboxylic acid groups (broad SMARTS) is 1. The molecular formula is C11H14N4O4S. The van der Waals surface area contributed by atoms with Gasteiger partial charge < -0.3 is 20.6 Å². The molecule has 1 saturated heterocycles. The minimum absolute atomic E-state index is 0.0375. The second-order valence-corrected chi connectivity index (χ2v) is 5.01. The third-order valence-electron chi connectivity index (χ3n) is 2.79. The molecule has 0 unspecified atom stereocenters. The maximum absolute atomic E-state index is 11.8. The molecular weight excluding hydrogens is 284 g/mol. The van der Waals surface area contributed by atoms with E-state index >= 15 is 0 Å². The summed E-state index contributed by atoms with van der Waals surface area (Å²) in [7, 11) is 0. The van der Waals surface area contributed by atoms with E-state index in [0.29, 0.717) is 13.1 Å². The molecule has 8 nitrogen and oxygen atoms in total. The molecule has 0 atom stereocenters. The van der Waals surface area contributed by atoms with Gasteiger partial charge in [0.15, 0.2) is 10.7 Å². The number of nitrogens with one attached hydrogen (secondary N) is 2. The predicted octanol–water partition coefficient (Wildman–Crippen LogP) is -0.997. The molecule has 0 radical (unpaired) electrons. The number of rotatable bonds is 4. The molecule has 0 aromatic carbocycles. The Balaban J connectivity index is 1.84. The fourth-order valence-electron chi connectivity index (χ4n) is 1.73. The lowest BCUT2D eigenvalue weighted by Crippen LogP contribution is -2.49. The lowest BCUT2D eigenvalue weighted by Gasteiger charge is -2.27. The molecule has 1 fully saturated rings. The standard InChI is InChI=1S/C11H14N4O4S/c16-8(15-3-1-12-2-4-15)5-13-9(17)10-14-7(6-20-10)11(18)19/h6,12H,1-5H2,(H,13,17)(H,18,19). The van der Waals surface area contributed by atoms with Crippen LogP contribution < -0.4 is 10.6 Å². The van der Waals surface area contributed by atoms with Crippen molar-refractivity contribution in [3.05, 3.63) is 16.1 Å². The van der Waals surface area contributed by atoms with Gasteiger partial charge in [0.2, 0.25) is 5.91 Å². The molecule has 0 aliphatic carbocycles. The topological polar surface area (TPSA) is 112 Å². The van der Waals surface area contributed by atoms with Crippen LogP contribution in [-0.4, -0.2) is 65.5 Å². The molecule has 1 aliphatic heterocycles. The Labute approximate surface area is 118 Å². The van der Waals surface area contributed by atoms with E-state index in [1.807, 2.05) is 0 Å². The van der Waals surface area contributed by atoms with Crippen LogP contribution in [0.5, 0.6) is 0 Å². The van der Waals surface area contributed by atoms with Crippen LogP contribution in [0.1, 0.15) is 20.3 Å². The van der Waals surface area contributed by atoms with Gasteiger partial charge in [-0.15, -0.1) is 11.3 Å². The molecule has 108 valence electrons. The van der Waals surface area contributed by atoms with E-state index in [0.717, 1.165) is 24.4 Å². The average molecular weight is 298 g/mol. The Morgan fingerprint density at radius 2 is 2.10 bits per heavy atom. The number of hydrogen-bond acceptors (Lipinski definition) is 6. The summed E-state index contributed by atoms with van der Waals surface area (Å²) in [5.74, 6) is -1.88. The van der Waals surface area contributed by atoms with E-state index in [1.165, 1.54) is 5.38 Å². The van der Waals surface area contributed by atoms with Crippen molar-refractivity contribution in [3.63, 3.8) is 0 Å². The van der Waals surface area contributed by atoms with Crippen molar-refractivity contribution < 1.29 is 19.5 Å². The Morgan fingerprint density at radius 3 is 2.70 bits per heavy atom. The first-order chi connectivity index (χ1) is 9.58. The lowest BCUT2D eigenvalue weighted by molar-refractivity contribution is -0.130. The average Bonchev–Trinajstić information content (AvgIpc) is 2.95. The van der Waals surface area contributed by atoms with E-state index in [-0.39, 0.29) is 23.2 Å². The van der Waals surface area contributed by atoms with Crippen molar-refractivity contribution in [2.45, 2.75) is 0 Å². The predicted molar refractivity (Wildman–Crippen MR) is 70.9 cm³/mol. The summed E-state index contributed by atoms with van der Waals surface area (Å²) in [4.78, 5) is 39.5. The Hall–Kier alpha value is -2.00. The molecule has 0 spiro atoms.